The number of hydrogen-bond donors (Lipinski definition) is 6. The highest BCUT2D eigenvalue weighted by atomic mass is 16.4. The summed E-state index contributed by atoms with van der Waals surface area (Å²) < 4.78 is 0. The average molecular weight is 347 g/mol. The molecule has 11 heteroatoms. The van der Waals surface area contributed by atoms with E-state index in [1.807, 2.05) is 5.32 Å². The summed E-state index contributed by atoms with van der Waals surface area (Å²) in [6, 6.07) is -4.35. The van der Waals surface area contributed by atoms with E-state index in [0.29, 0.717) is 0 Å². The monoisotopic (exact) mass is 347 g/mol. The summed E-state index contributed by atoms with van der Waals surface area (Å²) in [5.74, 6) is -6.62. The zero-order chi connectivity index (χ0) is 19.0. The zero-order valence-corrected chi connectivity index (χ0v) is 13.2. The van der Waals surface area contributed by atoms with Gasteiger partial charge in [0.2, 0.25) is 11.8 Å². The van der Waals surface area contributed by atoms with Crippen molar-refractivity contribution < 1.29 is 39.3 Å². The van der Waals surface area contributed by atoms with Crippen molar-refractivity contribution in [2.75, 3.05) is 0 Å². The quantitative estimate of drug-likeness (QED) is 0.258. The predicted molar refractivity (Wildman–Crippen MR) is 78.8 cm³/mol. The molecule has 0 radical (unpaired) electrons. The third kappa shape index (κ3) is 7.54. The Morgan fingerprint density at radius 2 is 1.38 bits per heavy atom. The summed E-state index contributed by atoms with van der Waals surface area (Å²) in [6.07, 6.45) is -1.53. The van der Waals surface area contributed by atoms with E-state index in [9.17, 15) is 24.0 Å². The van der Waals surface area contributed by atoms with E-state index < -0.39 is 66.6 Å². The van der Waals surface area contributed by atoms with Crippen LogP contribution in [0.3, 0.4) is 0 Å². The number of carboxylic acid groups (broad SMARTS) is 3. The van der Waals surface area contributed by atoms with Gasteiger partial charge in [-0.05, 0) is 5.92 Å². The van der Waals surface area contributed by atoms with Gasteiger partial charge in [-0.2, -0.15) is 0 Å². The Balaban J connectivity index is 5.08. The standard InChI is InChI=1S/C13H21N3O8/c1-5(2)10(13(23)24)16-12(22)7(4-9(19)20)15-11(21)6(14)3-8(17)18/h5-7,10H,3-4,14H2,1-2H3,(H,15,21)(H,16,22)(H,17,18)(H,19,20)(H,23,24)/t6-,7-,10-/m0/s1. The Labute approximate surface area is 137 Å². The molecule has 136 valence electrons. The second kappa shape index (κ2) is 9.45. The molecule has 2 amide bonds. The van der Waals surface area contributed by atoms with Gasteiger partial charge in [0.15, 0.2) is 0 Å². The summed E-state index contributed by atoms with van der Waals surface area (Å²) in [7, 11) is 0. The first kappa shape index (κ1) is 21.3. The van der Waals surface area contributed by atoms with E-state index in [-0.39, 0.29) is 0 Å². The third-order valence-corrected chi connectivity index (χ3v) is 2.97. The van der Waals surface area contributed by atoms with Gasteiger partial charge in [-0.3, -0.25) is 19.2 Å². The molecule has 7 N–H and O–H groups in total. The molecule has 24 heavy (non-hydrogen) atoms. The average Bonchev–Trinajstić information content (AvgIpc) is 2.41. The molecule has 0 bridgehead atoms. The van der Waals surface area contributed by atoms with Crippen molar-refractivity contribution in [3.63, 3.8) is 0 Å². The van der Waals surface area contributed by atoms with Gasteiger partial charge in [0.1, 0.15) is 12.1 Å². The molecule has 11 nitrogen and oxygen atoms in total. The molecule has 0 unspecified atom stereocenters. The summed E-state index contributed by atoms with van der Waals surface area (Å²) >= 11 is 0. The van der Waals surface area contributed by atoms with E-state index in [0.717, 1.165) is 0 Å². The van der Waals surface area contributed by atoms with Gasteiger partial charge in [0.05, 0.1) is 18.9 Å². The molecule has 3 atom stereocenters. The number of aliphatic carboxylic acids is 3. The van der Waals surface area contributed by atoms with E-state index in [4.69, 9.17) is 21.1 Å². The molecule has 0 aromatic heterocycles. The molecule has 0 aliphatic heterocycles. The first-order valence-corrected chi connectivity index (χ1v) is 6.98. The van der Waals surface area contributed by atoms with Crippen LogP contribution in [-0.4, -0.2) is 63.2 Å². The normalized spacial score (nSPS) is 14.3. The minimum Gasteiger partial charge on any atom is -0.481 e. The highest BCUT2D eigenvalue weighted by Crippen LogP contribution is 2.04. The summed E-state index contributed by atoms with van der Waals surface area (Å²) in [5, 5.41) is 30.6. The minimum atomic E-state index is -1.59. The van der Waals surface area contributed by atoms with Gasteiger partial charge < -0.3 is 31.7 Å². The maximum absolute atomic E-state index is 12.1. The molecular weight excluding hydrogens is 326 g/mol. The van der Waals surface area contributed by atoms with Crippen LogP contribution in [0.25, 0.3) is 0 Å². The number of amides is 2. The number of carbonyl (C=O) groups is 5. The summed E-state index contributed by atoms with van der Waals surface area (Å²) in [4.78, 5) is 56.2. The maximum Gasteiger partial charge on any atom is 0.326 e. The van der Waals surface area contributed by atoms with Gasteiger partial charge in [-0.25, -0.2) is 4.79 Å². The van der Waals surface area contributed by atoms with E-state index in [1.54, 1.807) is 0 Å². The Kier molecular flexibility index (Phi) is 8.39. The Bertz CT molecular complexity index is 519. The van der Waals surface area contributed by atoms with Crippen LogP contribution in [0.1, 0.15) is 26.7 Å². The minimum absolute atomic E-state index is 0.484. The number of rotatable bonds is 10. The van der Waals surface area contributed by atoms with Crippen LogP contribution in [0, 0.1) is 5.92 Å². The second-order valence-electron chi connectivity index (χ2n) is 5.43. The highest BCUT2D eigenvalue weighted by molar-refractivity contribution is 5.94. The molecule has 0 spiro atoms. The lowest BCUT2D eigenvalue weighted by atomic mass is 10.0. The van der Waals surface area contributed by atoms with Gasteiger partial charge >= 0.3 is 17.9 Å². The lowest BCUT2D eigenvalue weighted by Crippen LogP contribution is -2.56. The molecule has 0 heterocycles. The number of carboxylic acids is 3. The lowest BCUT2D eigenvalue weighted by molar-refractivity contribution is -0.145. The highest BCUT2D eigenvalue weighted by Gasteiger charge is 2.31. The van der Waals surface area contributed by atoms with Crippen LogP contribution >= 0.6 is 0 Å². The first-order chi connectivity index (χ1) is 11.0. The fourth-order valence-corrected chi connectivity index (χ4v) is 1.71. The van der Waals surface area contributed by atoms with E-state index in [2.05, 4.69) is 5.32 Å². The number of nitrogens with one attached hydrogen (secondary N) is 2. The van der Waals surface area contributed by atoms with Crippen LogP contribution in [0.4, 0.5) is 0 Å². The van der Waals surface area contributed by atoms with Crippen molar-refractivity contribution >= 4 is 29.7 Å². The molecule has 0 saturated heterocycles. The van der Waals surface area contributed by atoms with Gasteiger partial charge in [-0.1, -0.05) is 13.8 Å². The molecule has 0 aromatic carbocycles. The van der Waals surface area contributed by atoms with Crippen molar-refractivity contribution in [1.29, 1.82) is 0 Å². The van der Waals surface area contributed by atoms with Crippen molar-refractivity contribution in [2.24, 2.45) is 11.7 Å². The van der Waals surface area contributed by atoms with Crippen LogP contribution in [0.15, 0.2) is 0 Å². The Hall–Kier alpha value is -2.69. The lowest BCUT2D eigenvalue weighted by Gasteiger charge is -2.23. The first-order valence-electron chi connectivity index (χ1n) is 6.98. The van der Waals surface area contributed by atoms with Crippen molar-refractivity contribution in [1.82, 2.24) is 10.6 Å². The van der Waals surface area contributed by atoms with Crippen LogP contribution in [0.2, 0.25) is 0 Å². The number of nitrogens with two attached hydrogens (primary N) is 1. The topological polar surface area (TPSA) is 196 Å². The number of carbonyl (C=O) groups excluding carboxylic acids is 2. The van der Waals surface area contributed by atoms with Crippen molar-refractivity contribution in [3.8, 4) is 0 Å². The van der Waals surface area contributed by atoms with Crippen LogP contribution in [-0.2, 0) is 24.0 Å². The Morgan fingerprint density at radius 3 is 1.75 bits per heavy atom. The number of hydrogen-bond acceptors (Lipinski definition) is 6. The fraction of sp³-hybridized carbons (Fsp3) is 0.615. The van der Waals surface area contributed by atoms with E-state index in [1.165, 1.54) is 13.8 Å². The van der Waals surface area contributed by atoms with Crippen LogP contribution in [0.5, 0.6) is 0 Å². The van der Waals surface area contributed by atoms with Gasteiger partial charge in [0.25, 0.3) is 0 Å². The predicted octanol–water partition coefficient (Wildman–Crippen LogP) is -2.03. The SMILES string of the molecule is CC(C)[C@H](NC(=O)[C@H](CC(=O)O)NC(=O)[C@@H](N)CC(=O)O)C(=O)O. The fourth-order valence-electron chi connectivity index (χ4n) is 1.71. The Morgan fingerprint density at radius 1 is 0.875 bits per heavy atom. The summed E-state index contributed by atoms with van der Waals surface area (Å²) in [6.45, 7) is 3.07. The molecule has 0 saturated carbocycles. The molecule has 0 fully saturated rings. The molecule has 0 aromatic rings. The molecule has 0 aliphatic rings. The smallest absolute Gasteiger partial charge is 0.326 e. The zero-order valence-electron chi connectivity index (χ0n) is 13.2. The van der Waals surface area contributed by atoms with Crippen molar-refractivity contribution in [2.45, 2.75) is 44.8 Å². The molecular formula is C13H21N3O8. The van der Waals surface area contributed by atoms with Gasteiger partial charge in [-0.15, -0.1) is 0 Å². The van der Waals surface area contributed by atoms with E-state index >= 15 is 0 Å². The second-order valence-corrected chi connectivity index (χ2v) is 5.43. The molecule has 0 aliphatic carbocycles. The van der Waals surface area contributed by atoms with Crippen LogP contribution < -0.4 is 16.4 Å². The molecule has 0 rings (SSSR count). The van der Waals surface area contributed by atoms with Gasteiger partial charge in [0, 0.05) is 0 Å². The van der Waals surface area contributed by atoms with Crippen molar-refractivity contribution in [3.05, 3.63) is 0 Å². The largest absolute Gasteiger partial charge is 0.481 e. The maximum atomic E-state index is 12.1. The third-order valence-electron chi connectivity index (χ3n) is 2.97. The summed E-state index contributed by atoms with van der Waals surface area (Å²) in [5.41, 5.74) is 5.33.